The Morgan fingerprint density at radius 2 is 1.97 bits per heavy atom. The van der Waals surface area contributed by atoms with Crippen molar-refractivity contribution in [3.8, 4) is 11.4 Å². The highest BCUT2D eigenvalue weighted by Gasteiger charge is 2.17. The SMILES string of the molecule is COc1ccc(-n2c(C)nnc2SCC(=O)N(C)Cc2c(F)cccc2Cl)cc1. The van der Waals surface area contributed by atoms with Gasteiger partial charge in [-0.05, 0) is 43.3 Å². The number of methoxy groups -OCH3 is 1. The van der Waals surface area contributed by atoms with E-state index in [1.165, 1.54) is 28.8 Å². The van der Waals surface area contributed by atoms with Crippen LogP contribution < -0.4 is 4.74 Å². The molecule has 0 N–H and O–H groups in total. The van der Waals surface area contributed by atoms with Crippen molar-refractivity contribution in [3.05, 3.63) is 64.7 Å². The summed E-state index contributed by atoms with van der Waals surface area (Å²) in [5.74, 6) is 0.987. The molecule has 9 heteroatoms. The molecule has 0 unspecified atom stereocenters. The van der Waals surface area contributed by atoms with E-state index in [-0.39, 0.29) is 18.2 Å². The zero-order chi connectivity index (χ0) is 21.0. The minimum absolute atomic E-state index is 0.0924. The molecule has 1 heterocycles. The molecule has 0 radical (unpaired) electrons. The van der Waals surface area contributed by atoms with Crippen LogP contribution in [-0.2, 0) is 11.3 Å². The number of aromatic nitrogens is 3. The van der Waals surface area contributed by atoms with Crippen molar-refractivity contribution in [2.24, 2.45) is 0 Å². The van der Waals surface area contributed by atoms with Gasteiger partial charge in [-0.3, -0.25) is 9.36 Å². The Morgan fingerprint density at radius 3 is 2.62 bits per heavy atom. The first-order valence-electron chi connectivity index (χ1n) is 8.76. The highest BCUT2D eigenvalue weighted by Crippen LogP contribution is 2.25. The van der Waals surface area contributed by atoms with Crippen molar-refractivity contribution in [2.75, 3.05) is 19.9 Å². The zero-order valence-electron chi connectivity index (χ0n) is 16.2. The van der Waals surface area contributed by atoms with E-state index >= 15 is 0 Å². The van der Waals surface area contributed by atoms with Crippen LogP contribution in [0.4, 0.5) is 4.39 Å². The molecule has 0 saturated carbocycles. The van der Waals surface area contributed by atoms with Crippen LogP contribution in [0.1, 0.15) is 11.4 Å². The van der Waals surface area contributed by atoms with Gasteiger partial charge in [0.25, 0.3) is 0 Å². The van der Waals surface area contributed by atoms with E-state index < -0.39 is 5.82 Å². The first kappa shape index (κ1) is 21.1. The van der Waals surface area contributed by atoms with Gasteiger partial charge in [-0.15, -0.1) is 10.2 Å². The Bertz CT molecular complexity index is 990. The molecule has 3 rings (SSSR count). The van der Waals surface area contributed by atoms with Gasteiger partial charge in [0.1, 0.15) is 17.4 Å². The average Bonchev–Trinajstić information content (AvgIpc) is 3.09. The van der Waals surface area contributed by atoms with Crippen LogP contribution in [0.3, 0.4) is 0 Å². The number of halogens is 2. The summed E-state index contributed by atoms with van der Waals surface area (Å²) in [6.07, 6.45) is 0. The quantitative estimate of drug-likeness (QED) is 0.523. The van der Waals surface area contributed by atoms with E-state index in [9.17, 15) is 9.18 Å². The van der Waals surface area contributed by atoms with E-state index in [0.29, 0.717) is 21.6 Å². The standard InChI is InChI=1S/C20H20ClFN4O2S/c1-13-23-24-20(26(13)14-7-9-15(28-3)10-8-14)29-12-19(27)25(2)11-16-17(21)5-4-6-18(16)22/h4-10H,11-12H2,1-3H3. The van der Waals surface area contributed by atoms with Gasteiger partial charge < -0.3 is 9.64 Å². The van der Waals surface area contributed by atoms with Crippen molar-refractivity contribution in [3.63, 3.8) is 0 Å². The molecule has 29 heavy (non-hydrogen) atoms. The predicted molar refractivity (Wildman–Crippen MR) is 111 cm³/mol. The van der Waals surface area contributed by atoms with Crippen LogP contribution in [0.5, 0.6) is 5.75 Å². The van der Waals surface area contributed by atoms with Gasteiger partial charge in [-0.2, -0.15) is 0 Å². The van der Waals surface area contributed by atoms with E-state index in [0.717, 1.165) is 11.4 Å². The number of nitrogens with zero attached hydrogens (tertiary/aromatic N) is 4. The second-order valence-corrected chi connectivity index (χ2v) is 7.65. The van der Waals surface area contributed by atoms with Crippen LogP contribution in [0.2, 0.25) is 5.02 Å². The smallest absolute Gasteiger partial charge is 0.233 e. The molecule has 6 nitrogen and oxygen atoms in total. The second-order valence-electron chi connectivity index (χ2n) is 6.30. The lowest BCUT2D eigenvalue weighted by atomic mass is 10.2. The number of amides is 1. The van der Waals surface area contributed by atoms with Gasteiger partial charge in [0.05, 0.1) is 12.9 Å². The third-order valence-electron chi connectivity index (χ3n) is 4.33. The molecule has 0 saturated heterocycles. The Balaban J connectivity index is 1.69. The highest BCUT2D eigenvalue weighted by atomic mass is 35.5. The highest BCUT2D eigenvalue weighted by molar-refractivity contribution is 7.99. The van der Waals surface area contributed by atoms with Gasteiger partial charge in [0.2, 0.25) is 5.91 Å². The third kappa shape index (κ3) is 4.89. The molecule has 0 fully saturated rings. The Morgan fingerprint density at radius 1 is 1.24 bits per heavy atom. The number of hydrogen-bond acceptors (Lipinski definition) is 5. The van der Waals surface area contributed by atoms with Crippen molar-refractivity contribution in [1.29, 1.82) is 0 Å². The third-order valence-corrected chi connectivity index (χ3v) is 5.60. The topological polar surface area (TPSA) is 60.2 Å². The molecular formula is C20H20ClFN4O2S. The van der Waals surface area contributed by atoms with Crippen LogP contribution in [0, 0.1) is 12.7 Å². The van der Waals surface area contributed by atoms with Crippen LogP contribution >= 0.6 is 23.4 Å². The van der Waals surface area contributed by atoms with E-state index in [1.54, 1.807) is 20.2 Å². The van der Waals surface area contributed by atoms with Crippen molar-refractivity contribution in [1.82, 2.24) is 19.7 Å². The molecule has 3 aromatic rings. The lowest BCUT2D eigenvalue weighted by Crippen LogP contribution is -2.28. The zero-order valence-corrected chi connectivity index (χ0v) is 17.8. The molecular weight excluding hydrogens is 415 g/mol. The summed E-state index contributed by atoms with van der Waals surface area (Å²) in [6.45, 7) is 1.94. The van der Waals surface area contributed by atoms with Crippen LogP contribution in [0.15, 0.2) is 47.6 Å². The molecule has 1 amide bonds. The van der Waals surface area contributed by atoms with Crippen LogP contribution in [-0.4, -0.2) is 45.5 Å². The molecule has 0 bridgehead atoms. The molecule has 0 atom stereocenters. The number of aryl methyl sites for hydroxylation is 1. The summed E-state index contributed by atoms with van der Waals surface area (Å²) in [4.78, 5) is 14.0. The number of carbonyl (C=O) groups is 1. The second kappa shape index (κ2) is 9.28. The number of hydrogen-bond donors (Lipinski definition) is 0. The monoisotopic (exact) mass is 434 g/mol. The fraction of sp³-hybridized carbons (Fsp3) is 0.250. The fourth-order valence-electron chi connectivity index (χ4n) is 2.71. The Hall–Kier alpha value is -2.58. The summed E-state index contributed by atoms with van der Waals surface area (Å²) < 4.78 is 21.0. The molecule has 0 spiro atoms. The summed E-state index contributed by atoms with van der Waals surface area (Å²) in [5, 5.41) is 9.18. The van der Waals surface area contributed by atoms with E-state index in [4.69, 9.17) is 16.3 Å². The fourth-order valence-corrected chi connectivity index (χ4v) is 3.87. The van der Waals surface area contributed by atoms with Crippen molar-refractivity contribution < 1.29 is 13.9 Å². The molecule has 0 aliphatic heterocycles. The molecule has 2 aromatic carbocycles. The largest absolute Gasteiger partial charge is 0.497 e. The minimum atomic E-state index is -0.431. The summed E-state index contributed by atoms with van der Waals surface area (Å²) >= 11 is 7.32. The lowest BCUT2D eigenvalue weighted by molar-refractivity contribution is -0.127. The number of benzene rings is 2. The maximum Gasteiger partial charge on any atom is 0.233 e. The molecule has 1 aromatic heterocycles. The van der Waals surface area contributed by atoms with E-state index in [2.05, 4.69) is 10.2 Å². The van der Waals surface area contributed by atoms with Gasteiger partial charge in [-0.25, -0.2) is 4.39 Å². The number of carbonyl (C=O) groups excluding carboxylic acids is 1. The lowest BCUT2D eigenvalue weighted by Gasteiger charge is -2.18. The predicted octanol–water partition coefficient (Wildman–Crippen LogP) is 4.13. The summed E-state index contributed by atoms with van der Waals surface area (Å²) in [6, 6.07) is 12.0. The number of ether oxygens (including phenoxy) is 1. The normalized spacial score (nSPS) is 10.8. The first-order chi connectivity index (χ1) is 13.9. The summed E-state index contributed by atoms with van der Waals surface area (Å²) in [5.41, 5.74) is 1.17. The Kier molecular flexibility index (Phi) is 6.76. The maximum absolute atomic E-state index is 14.0. The van der Waals surface area contributed by atoms with Gasteiger partial charge in [0.15, 0.2) is 5.16 Å². The van der Waals surface area contributed by atoms with Crippen molar-refractivity contribution >= 4 is 29.3 Å². The minimum Gasteiger partial charge on any atom is -0.497 e. The number of thioether (sulfide) groups is 1. The molecule has 0 aliphatic carbocycles. The van der Waals surface area contributed by atoms with Gasteiger partial charge in [0, 0.05) is 29.9 Å². The van der Waals surface area contributed by atoms with Gasteiger partial charge >= 0.3 is 0 Å². The maximum atomic E-state index is 14.0. The van der Waals surface area contributed by atoms with Crippen molar-refractivity contribution in [2.45, 2.75) is 18.6 Å². The van der Waals surface area contributed by atoms with E-state index in [1.807, 2.05) is 35.8 Å². The van der Waals surface area contributed by atoms with Crippen LogP contribution in [0.25, 0.3) is 5.69 Å². The molecule has 152 valence electrons. The summed E-state index contributed by atoms with van der Waals surface area (Å²) in [7, 11) is 3.22. The average molecular weight is 435 g/mol. The Labute approximate surface area is 177 Å². The number of rotatable bonds is 7. The molecule has 0 aliphatic rings. The van der Waals surface area contributed by atoms with Gasteiger partial charge in [-0.1, -0.05) is 29.4 Å². The first-order valence-corrected chi connectivity index (χ1v) is 10.1.